The molecule has 77 valence electrons. The molecular formula is C6H16Cl3CuN. The van der Waals surface area contributed by atoms with E-state index < -0.39 is 0 Å². The van der Waals surface area contributed by atoms with Crippen LogP contribution in [0.15, 0.2) is 0 Å². The summed E-state index contributed by atoms with van der Waals surface area (Å²) in [7, 11) is 9.34. The zero-order valence-corrected chi connectivity index (χ0v) is 10.3. The Kier molecular flexibility index (Phi) is 28.8. The van der Waals surface area contributed by atoms with E-state index in [2.05, 4.69) is 45.9 Å². The fraction of sp³-hybridized carbons (Fsp3) is 1.00. The molecule has 0 rings (SSSR count). The summed E-state index contributed by atoms with van der Waals surface area (Å²) in [6, 6.07) is 0. The van der Waals surface area contributed by atoms with Crippen LogP contribution in [0.3, 0.4) is 0 Å². The van der Waals surface area contributed by atoms with Crippen molar-refractivity contribution >= 4 is 32.6 Å². The average Bonchev–Trinajstić information content (AvgIpc) is 1.93. The number of hydrogen-bond acceptors (Lipinski definition) is 1. The Morgan fingerprint density at radius 1 is 1.00 bits per heavy atom. The van der Waals surface area contributed by atoms with Crippen molar-refractivity contribution in [3.8, 4) is 0 Å². The van der Waals surface area contributed by atoms with E-state index >= 15 is 0 Å². The summed E-state index contributed by atoms with van der Waals surface area (Å²) in [5, 5.41) is 0. The average molecular weight is 272 g/mol. The second-order valence-electron chi connectivity index (χ2n) is 1.66. The Morgan fingerprint density at radius 3 is 1.18 bits per heavy atom. The van der Waals surface area contributed by atoms with E-state index in [1.807, 2.05) is 0 Å². The van der Waals surface area contributed by atoms with Gasteiger partial charge in [-0.15, -0.1) is 12.4 Å². The van der Waals surface area contributed by atoms with Crippen LogP contribution in [0.5, 0.6) is 0 Å². The molecule has 1 nitrogen and oxygen atoms in total. The van der Waals surface area contributed by atoms with Crippen LogP contribution in [0, 0.1) is 0 Å². The monoisotopic (exact) mass is 270 g/mol. The molecule has 0 aliphatic heterocycles. The van der Waals surface area contributed by atoms with E-state index in [4.69, 9.17) is 0 Å². The second-order valence-corrected chi connectivity index (χ2v) is 3.22. The summed E-state index contributed by atoms with van der Waals surface area (Å²) in [6.07, 6.45) is 0. The molecule has 0 radical (unpaired) electrons. The molecule has 0 aromatic carbocycles. The van der Waals surface area contributed by atoms with Gasteiger partial charge in [0.1, 0.15) is 0 Å². The molecule has 0 aliphatic rings. The van der Waals surface area contributed by atoms with Crippen LogP contribution in [-0.4, -0.2) is 24.5 Å². The summed E-state index contributed by atoms with van der Waals surface area (Å²) in [5.74, 6) is 0. The Bertz CT molecular complexity index is 47.6. The van der Waals surface area contributed by atoms with Crippen LogP contribution in [0.25, 0.3) is 0 Å². The van der Waals surface area contributed by atoms with E-state index in [-0.39, 0.29) is 12.4 Å². The van der Waals surface area contributed by atoms with Gasteiger partial charge in [-0.05, 0) is 19.6 Å². The third-order valence-corrected chi connectivity index (χ3v) is 1.34. The van der Waals surface area contributed by atoms with Crippen molar-refractivity contribution in [3.05, 3.63) is 0 Å². The maximum absolute atomic E-state index is 4.67. The van der Waals surface area contributed by atoms with Crippen LogP contribution in [0.4, 0.5) is 0 Å². The minimum atomic E-state index is 0. The Hall–Kier alpha value is 1.35. The number of nitrogens with zero attached hydrogens (tertiary/aromatic N) is 1. The Morgan fingerprint density at radius 2 is 1.18 bits per heavy atom. The third kappa shape index (κ3) is 18.4. The van der Waals surface area contributed by atoms with Crippen molar-refractivity contribution in [2.24, 2.45) is 0 Å². The standard InChI is InChI=1S/C6H15N.3ClH.Cu/c1-4-7(5-2)6-3;;;;/h4-6H2,1-3H3;3*1H;/q;;;;+2/p-2. The van der Waals surface area contributed by atoms with Crippen LogP contribution in [0.1, 0.15) is 20.8 Å². The summed E-state index contributed by atoms with van der Waals surface area (Å²) in [6.45, 7) is 10.1. The van der Waals surface area contributed by atoms with E-state index in [1.54, 1.807) is 0 Å². The molecule has 0 aromatic rings. The summed E-state index contributed by atoms with van der Waals surface area (Å²) in [5.41, 5.74) is 0. The molecule has 0 saturated heterocycles. The molecule has 5 heteroatoms. The molecule has 0 fully saturated rings. The first-order chi connectivity index (χ1) is 4.76. The summed E-state index contributed by atoms with van der Waals surface area (Å²) in [4.78, 5) is 2.38. The van der Waals surface area contributed by atoms with E-state index in [0.717, 1.165) is 13.1 Å². The molecule has 0 saturated carbocycles. The fourth-order valence-electron chi connectivity index (χ4n) is 0.671. The quantitative estimate of drug-likeness (QED) is 0.713. The third-order valence-electron chi connectivity index (χ3n) is 1.34. The van der Waals surface area contributed by atoms with Crippen molar-refractivity contribution in [2.45, 2.75) is 20.8 Å². The van der Waals surface area contributed by atoms with E-state index in [0.29, 0.717) is 0 Å². The van der Waals surface area contributed by atoms with Gasteiger partial charge in [0.25, 0.3) is 0 Å². The first-order valence-electron chi connectivity index (χ1n) is 3.30. The Balaban J connectivity index is -0.000000140. The fourth-order valence-corrected chi connectivity index (χ4v) is 0.671. The van der Waals surface area contributed by atoms with Gasteiger partial charge in [0, 0.05) is 0 Å². The molecule has 11 heavy (non-hydrogen) atoms. The number of hydrogen-bond donors (Lipinski definition) is 0. The van der Waals surface area contributed by atoms with E-state index in [1.165, 1.54) is 19.6 Å². The van der Waals surface area contributed by atoms with Gasteiger partial charge in [-0.25, -0.2) is 0 Å². The molecule has 0 spiro atoms. The van der Waals surface area contributed by atoms with Crippen molar-refractivity contribution < 1.29 is 13.1 Å². The van der Waals surface area contributed by atoms with Gasteiger partial charge in [0.05, 0.1) is 0 Å². The normalized spacial score (nSPS) is 8.55. The van der Waals surface area contributed by atoms with Gasteiger partial charge in [0.2, 0.25) is 0 Å². The first-order valence-corrected chi connectivity index (χ1v) is 5.89. The topological polar surface area (TPSA) is 3.24 Å². The molecule has 0 aromatic heterocycles. The van der Waals surface area contributed by atoms with E-state index in [9.17, 15) is 0 Å². The van der Waals surface area contributed by atoms with Crippen molar-refractivity contribution in [1.82, 2.24) is 4.90 Å². The number of rotatable bonds is 3. The summed E-state index contributed by atoms with van der Waals surface area (Å²) < 4.78 is 0. The number of halogens is 3. The van der Waals surface area contributed by atoms with Crippen LogP contribution in [0.2, 0.25) is 0 Å². The van der Waals surface area contributed by atoms with Gasteiger partial charge in [0.15, 0.2) is 0 Å². The van der Waals surface area contributed by atoms with Crippen LogP contribution >= 0.6 is 32.6 Å². The van der Waals surface area contributed by atoms with Crippen molar-refractivity contribution in [1.29, 1.82) is 0 Å². The van der Waals surface area contributed by atoms with Crippen molar-refractivity contribution in [2.75, 3.05) is 19.6 Å². The zero-order valence-electron chi connectivity index (χ0n) is 7.03. The predicted octanol–water partition coefficient (Wildman–Crippen LogP) is 3.15. The van der Waals surface area contributed by atoms with Gasteiger partial charge in [-0.2, -0.15) is 0 Å². The molecule has 0 bridgehead atoms. The maximum atomic E-state index is 4.67. The zero-order chi connectivity index (χ0) is 8.41. The summed E-state index contributed by atoms with van der Waals surface area (Å²) >= 11 is 0.757. The minimum absolute atomic E-state index is 0. The molecular weight excluding hydrogens is 256 g/mol. The van der Waals surface area contributed by atoms with Crippen LogP contribution < -0.4 is 0 Å². The Labute approximate surface area is 90.8 Å². The second kappa shape index (κ2) is 17.4. The van der Waals surface area contributed by atoms with Crippen LogP contribution in [-0.2, 0) is 13.1 Å². The van der Waals surface area contributed by atoms with Gasteiger partial charge in [-0.3, -0.25) is 0 Å². The van der Waals surface area contributed by atoms with Crippen molar-refractivity contribution in [3.63, 3.8) is 0 Å². The van der Waals surface area contributed by atoms with Gasteiger partial charge >= 0.3 is 33.3 Å². The molecule has 0 unspecified atom stereocenters. The molecule has 0 heterocycles. The van der Waals surface area contributed by atoms with Gasteiger partial charge < -0.3 is 4.90 Å². The molecule has 0 N–H and O–H groups in total. The SMILES string of the molecule is CCN(CC)CC.Cl.[Cl][Cu][Cl]. The first kappa shape index (κ1) is 18.2. The molecule has 0 atom stereocenters. The predicted molar refractivity (Wildman–Crippen MR) is 52.4 cm³/mol. The molecule has 0 amide bonds. The molecule has 0 aliphatic carbocycles. The van der Waals surface area contributed by atoms with Gasteiger partial charge in [-0.1, -0.05) is 20.8 Å².